The maximum atomic E-state index is 12.5. The highest BCUT2D eigenvalue weighted by Crippen LogP contribution is 2.22. The summed E-state index contributed by atoms with van der Waals surface area (Å²) in [5.41, 5.74) is 2.97. The van der Waals surface area contributed by atoms with Crippen molar-refractivity contribution in [3.63, 3.8) is 0 Å². The van der Waals surface area contributed by atoms with Crippen molar-refractivity contribution in [2.24, 2.45) is 0 Å². The van der Waals surface area contributed by atoms with Crippen molar-refractivity contribution in [1.29, 1.82) is 0 Å². The standard InChI is InChI=1S/C18H20ClN3O3/c1-11-15-4-2-3-9-22(15)21-16(11)17(23)20-10-14(18(24)25)12-5-7-13(19)8-6-12/h5-8,14H,2-4,9-10H2,1H3,(H,20,23)(H,24,25). The molecule has 0 fully saturated rings. The summed E-state index contributed by atoms with van der Waals surface area (Å²) in [5.74, 6) is -2.16. The first kappa shape index (κ1) is 17.5. The zero-order valence-corrected chi connectivity index (χ0v) is 14.7. The smallest absolute Gasteiger partial charge is 0.312 e. The van der Waals surface area contributed by atoms with Crippen LogP contribution in [0.1, 0.15) is 46.1 Å². The molecule has 0 saturated carbocycles. The Morgan fingerprint density at radius 3 is 2.68 bits per heavy atom. The summed E-state index contributed by atoms with van der Waals surface area (Å²) >= 11 is 5.84. The zero-order chi connectivity index (χ0) is 18.0. The normalized spacial score (nSPS) is 14.6. The second kappa shape index (κ2) is 7.27. The number of rotatable bonds is 5. The summed E-state index contributed by atoms with van der Waals surface area (Å²) in [7, 11) is 0. The van der Waals surface area contributed by atoms with Crippen LogP contribution < -0.4 is 5.32 Å². The van der Waals surface area contributed by atoms with E-state index in [0.29, 0.717) is 16.3 Å². The number of hydrogen-bond acceptors (Lipinski definition) is 3. The van der Waals surface area contributed by atoms with Crippen LogP contribution >= 0.6 is 11.6 Å². The number of carbonyl (C=O) groups is 2. The van der Waals surface area contributed by atoms with E-state index in [9.17, 15) is 14.7 Å². The number of halogens is 1. The molecule has 0 spiro atoms. The van der Waals surface area contributed by atoms with Gasteiger partial charge in [0.1, 0.15) is 0 Å². The van der Waals surface area contributed by atoms with Gasteiger partial charge in [-0.2, -0.15) is 5.10 Å². The Kier molecular flexibility index (Phi) is 5.08. The minimum absolute atomic E-state index is 0.00255. The van der Waals surface area contributed by atoms with Crippen molar-refractivity contribution in [3.05, 3.63) is 51.8 Å². The molecule has 1 aliphatic rings. The molecule has 1 unspecified atom stereocenters. The van der Waals surface area contributed by atoms with Gasteiger partial charge in [0.15, 0.2) is 5.69 Å². The second-order valence-corrected chi connectivity index (χ2v) is 6.69. The molecule has 2 aromatic rings. The molecule has 2 N–H and O–H groups in total. The highest BCUT2D eigenvalue weighted by molar-refractivity contribution is 6.30. The lowest BCUT2D eigenvalue weighted by atomic mass is 9.99. The number of carboxylic acid groups (broad SMARTS) is 1. The molecule has 1 atom stereocenters. The van der Waals surface area contributed by atoms with Gasteiger partial charge in [0.2, 0.25) is 0 Å². The van der Waals surface area contributed by atoms with Gasteiger partial charge in [0.05, 0.1) is 5.92 Å². The molecular formula is C18H20ClN3O3. The fourth-order valence-corrected chi connectivity index (χ4v) is 3.30. The van der Waals surface area contributed by atoms with Crippen LogP contribution in [0, 0.1) is 6.92 Å². The predicted octanol–water partition coefficient (Wildman–Crippen LogP) is 2.78. The van der Waals surface area contributed by atoms with E-state index in [4.69, 9.17) is 11.6 Å². The molecule has 1 aromatic carbocycles. The van der Waals surface area contributed by atoms with E-state index < -0.39 is 11.9 Å². The molecule has 2 heterocycles. The van der Waals surface area contributed by atoms with E-state index >= 15 is 0 Å². The zero-order valence-electron chi connectivity index (χ0n) is 14.0. The number of benzene rings is 1. The molecular weight excluding hydrogens is 342 g/mol. The number of aromatic nitrogens is 2. The van der Waals surface area contributed by atoms with E-state index in [1.54, 1.807) is 24.3 Å². The third-order valence-corrected chi connectivity index (χ3v) is 4.86. The van der Waals surface area contributed by atoms with E-state index in [1.807, 2.05) is 11.6 Å². The quantitative estimate of drug-likeness (QED) is 0.857. The largest absolute Gasteiger partial charge is 0.481 e. The lowest BCUT2D eigenvalue weighted by Gasteiger charge is -2.13. The Hall–Kier alpha value is -2.34. The van der Waals surface area contributed by atoms with Gasteiger partial charge in [-0.25, -0.2) is 0 Å². The average Bonchev–Trinajstić information content (AvgIpc) is 2.93. The summed E-state index contributed by atoms with van der Waals surface area (Å²) in [6.45, 7) is 2.72. The maximum Gasteiger partial charge on any atom is 0.312 e. The molecule has 6 nitrogen and oxygen atoms in total. The highest BCUT2D eigenvalue weighted by atomic mass is 35.5. The first-order valence-corrected chi connectivity index (χ1v) is 8.68. The van der Waals surface area contributed by atoms with Gasteiger partial charge in [-0.15, -0.1) is 0 Å². The van der Waals surface area contributed by atoms with Crippen molar-refractivity contribution in [2.75, 3.05) is 6.54 Å². The van der Waals surface area contributed by atoms with Crippen molar-refractivity contribution >= 4 is 23.5 Å². The number of carbonyl (C=O) groups excluding carboxylic acids is 1. The number of aliphatic carboxylic acids is 1. The molecule has 3 rings (SSSR count). The van der Waals surface area contributed by atoms with E-state index in [2.05, 4.69) is 10.4 Å². The van der Waals surface area contributed by atoms with Gasteiger partial charge in [0, 0.05) is 29.4 Å². The third-order valence-electron chi connectivity index (χ3n) is 4.61. The van der Waals surface area contributed by atoms with E-state index in [-0.39, 0.29) is 12.5 Å². The fourth-order valence-electron chi connectivity index (χ4n) is 3.18. The molecule has 0 radical (unpaired) electrons. The molecule has 25 heavy (non-hydrogen) atoms. The first-order valence-electron chi connectivity index (χ1n) is 8.30. The molecule has 7 heteroatoms. The number of aryl methyl sites for hydroxylation is 1. The van der Waals surface area contributed by atoms with Gasteiger partial charge < -0.3 is 10.4 Å². The van der Waals surface area contributed by atoms with Crippen LogP contribution in [-0.4, -0.2) is 33.3 Å². The number of carboxylic acids is 1. The van der Waals surface area contributed by atoms with Crippen LogP contribution in [0.3, 0.4) is 0 Å². The van der Waals surface area contributed by atoms with Crippen LogP contribution in [0.15, 0.2) is 24.3 Å². The fraction of sp³-hybridized carbons (Fsp3) is 0.389. The van der Waals surface area contributed by atoms with Crippen molar-refractivity contribution < 1.29 is 14.7 Å². The van der Waals surface area contributed by atoms with Gasteiger partial charge in [-0.05, 0) is 43.9 Å². The van der Waals surface area contributed by atoms with Crippen LogP contribution in [0.5, 0.6) is 0 Å². The molecule has 1 aromatic heterocycles. The van der Waals surface area contributed by atoms with Crippen molar-refractivity contribution in [1.82, 2.24) is 15.1 Å². The van der Waals surface area contributed by atoms with Gasteiger partial charge in [0.25, 0.3) is 5.91 Å². The Morgan fingerprint density at radius 2 is 2.04 bits per heavy atom. The third kappa shape index (κ3) is 3.69. The van der Waals surface area contributed by atoms with Crippen molar-refractivity contribution in [3.8, 4) is 0 Å². The lowest BCUT2D eigenvalue weighted by Crippen LogP contribution is -2.32. The molecule has 0 bridgehead atoms. The topological polar surface area (TPSA) is 84.2 Å². The second-order valence-electron chi connectivity index (χ2n) is 6.25. The Balaban J connectivity index is 1.73. The van der Waals surface area contributed by atoms with Gasteiger partial charge in [-0.3, -0.25) is 14.3 Å². The summed E-state index contributed by atoms with van der Waals surface area (Å²) in [5, 5.41) is 17.1. The lowest BCUT2D eigenvalue weighted by molar-refractivity contribution is -0.138. The minimum Gasteiger partial charge on any atom is -0.481 e. The number of nitrogens with zero attached hydrogens (tertiary/aromatic N) is 2. The Labute approximate surface area is 150 Å². The molecule has 1 aliphatic heterocycles. The van der Waals surface area contributed by atoms with Crippen LogP contribution in [0.25, 0.3) is 0 Å². The van der Waals surface area contributed by atoms with Gasteiger partial charge >= 0.3 is 5.97 Å². The summed E-state index contributed by atoms with van der Waals surface area (Å²) < 4.78 is 1.89. The molecule has 0 aliphatic carbocycles. The number of fused-ring (bicyclic) bond motifs is 1. The summed E-state index contributed by atoms with van der Waals surface area (Å²) in [6, 6.07) is 6.60. The van der Waals surface area contributed by atoms with Crippen LogP contribution in [0.4, 0.5) is 0 Å². The highest BCUT2D eigenvalue weighted by Gasteiger charge is 2.24. The Bertz CT molecular complexity index is 799. The molecule has 1 amide bonds. The number of hydrogen-bond donors (Lipinski definition) is 2. The molecule has 0 saturated heterocycles. The monoisotopic (exact) mass is 361 g/mol. The molecule has 132 valence electrons. The number of nitrogens with one attached hydrogen (secondary N) is 1. The minimum atomic E-state index is -0.997. The van der Waals surface area contributed by atoms with Crippen molar-refractivity contribution in [2.45, 2.75) is 38.6 Å². The summed E-state index contributed by atoms with van der Waals surface area (Å²) in [4.78, 5) is 24.1. The van der Waals surface area contributed by atoms with Crippen LogP contribution in [-0.2, 0) is 17.8 Å². The van der Waals surface area contributed by atoms with E-state index in [0.717, 1.165) is 37.1 Å². The Morgan fingerprint density at radius 1 is 1.32 bits per heavy atom. The number of amides is 1. The SMILES string of the molecule is Cc1c(C(=O)NCC(C(=O)O)c2ccc(Cl)cc2)nn2c1CCCC2. The van der Waals surface area contributed by atoms with Gasteiger partial charge in [-0.1, -0.05) is 23.7 Å². The van der Waals surface area contributed by atoms with E-state index in [1.165, 1.54) is 0 Å². The van der Waals surface area contributed by atoms with Crippen LogP contribution in [0.2, 0.25) is 5.02 Å². The maximum absolute atomic E-state index is 12.5. The first-order chi connectivity index (χ1) is 12.0. The predicted molar refractivity (Wildman–Crippen MR) is 94.1 cm³/mol. The average molecular weight is 362 g/mol. The summed E-state index contributed by atoms with van der Waals surface area (Å²) in [6.07, 6.45) is 3.09.